The van der Waals surface area contributed by atoms with Crippen molar-refractivity contribution in [1.82, 2.24) is 9.80 Å². The summed E-state index contributed by atoms with van der Waals surface area (Å²) >= 11 is 0. The molecule has 3 amide bonds. The summed E-state index contributed by atoms with van der Waals surface area (Å²) in [6.07, 6.45) is 0.663. The molecule has 2 aromatic carbocycles. The van der Waals surface area contributed by atoms with E-state index in [-0.39, 0.29) is 42.8 Å². The molecule has 0 saturated carbocycles. The van der Waals surface area contributed by atoms with Gasteiger partial charge in [0.2, 0.25) is 11.8 Å². The Morgan fingerprint density at radius 3 is 2.56 bits per heavy atom. The van der Waals surface area contributed by atoms with E-state index in [9.17, 15) is 24.0 Å². The van der Waals surface area contributed by atoms with Gasteiger partial charge in [-0.15, -0.1) is 0 Å². The van der Waals surface area contributed by atoms with E-state index < -0.39 is 29.7 Å². The monoisotopic (exact) mass is 462 g/mol. The van der Waals surface area contributed by atoms with Crippen molar-refractivity contribution in [2.75, 3.05) is 18.4 Å². The SMILES string of the molecule is CC(C)C(C(=O)N1C[C@@H](C(=O)Nc2ccccc2)CC1C#N)N1CCc2cccc(F)c2C1=O. The predicted molar refractivity (Wildman–Crippen MR) is 124 cm³/mol. The average Bonchev–Trinajstić information content (AvgIpc) is 3.26. The third-order valence-corrected chi connectivity index (χ3v) is 6.56. The van der Waals surface area contributed by atoms with Gasteiger partial charge in [-0.2, -0.15) is 5.26 Å². The van der Waals surface area contributed by atoms with Crippen molar-refractivity contribution in [3.8, 4) is 6.07 Å². The fraction of sp³-hybridized carbons (Fsp3) is 0.385. The molecule has 7 nitrogen and oxygen atoms in total. The van der Waals surface area contributed by atoms with Crippen LogP contribution in [0.5, 0.6) is 0 Å². The highest BCUT2D eigenvalue weighted by atomic mass is 19.1. The van der Waals surface area contributed by atoms with Crippen molar-refractivity contribution < 1.29 is 18.8 Å². The van der Waals surface area contributed by atoms with Crippen LogP contribution in [0.2, 0.25) is 0 Å². The molecule has 34 heavy (non-hydrogen) atoms. The van der Waals surface area contributed by atoms with E-state index in [1.165, 1.54) is 15.9 Å². The number of nitrogens with one attached hydrogen (secondary N) is 1. The number of halogens is 1. The molecule has 0 spiro atoms. The number of carbonyl (C=O) groups is 3. The van der Waals surface area contributed by atoms with Crippen LogP contribution in [0.15, 0.2) is 48.5 Å². The average molecular weight is 463 g/mol. The first-order valence-electron chi connectivity index (χ1n) is 11.5. The Balaban J connectivity index is 1.54. The van der Waals surface area contributed by atoms with Gasteiger partial charge in [0.05, 0.1) is 17.6 Å². The van der Waals surface area contributed by atoms with Gasteiger partial charge >= 0.3 is 0 Å². The van der Waals surface area contributed by atoms with Gasteiger partial charge in [-0.1, -0.05) is 44.2 Å². The number of hydrogen-bond donors (Lipinski definition) is 1. The Morgan fingerprint density at radius 1 is 1.15 bits per heavy atom. The molecule has 8 heteroatoms. The molecule has 2 heterocycles. The van der Waals surface area contributed by atoms with Crippen molar-refractivity contribution in [2.24, 2.45) is 11.8 Å². The van der Waals surface area contributed by atoms with E-state index in [0.717, 1.165) is 0 Å². The molecule has 2 unspecified atom stereocenters. The van der Waals surface area contributed by atoms with Crippen LogP contribution in [-0.2, 0) is 16.0 Å². The fourth-order valence-electron chi connectivity index (χ4n) is 4.87. The third-order valence-electron chi connectivity index (χ3n) is 6.56. The molecule has 4 rings (SSSR count). The van der Waals surface area contributed by atoms with Crippen LogP contribution in [-0.4, -0.2) is 52.7 Å². The lowest BCUT2D eigenvalue weighted by Crippen LogP contribution is -2.56. The van der Waals surface area contributed by atoms with Crippen molar-refractivity contribution in [3.63, 3.8) is 0 Å². The van der Waals surface area contributed by atoms with Crippen LogP contribution in [0.1, 0.15) is 36.2 Å². The van der Waals surface area contributed by atoms with Crippen molar-refractivity contribution in [1.29, 1.82) is 5.26 Å². The number of hydrogen-bond acceptors (Lipinski definition) is 4. The Morgan fingerprint density at radius 2 is 1.88 bits per heavy atom. The minimum absolute atomic E-state index is 0.00516. The third kappa shape index (κ3) is 4.38. The van der Waals surface area contributed by atoms with E-state index in [1.54, 1.807) is 24.3 Å². The lowest BCUT2D eigenvalue weighted by molar-refractivity contribution is -0.138. The van der Waals surface area contributed by atoms with E-state index >= 15 is 0 Å². The first-order chi connectivity index (χ1) is 16.3. The van der Waals surface area contributed by atoms with Crippen molar-refractivity contribution in [2.45, 2.75) is 38.8 Å². The number of carbonyl (C=O) groups excluding carboxylic acids is 3. The van der Waals surface area contributed by atoms with Crippen LogP contribution >= 0.6 is 0 Å². The van der Waals surface area contributed by atoms with Crippen LogP contribution in [0, 0.1) is 29.0 Å². The standard InChI is InChI=1S/C26H27FN4O3/c1-16(2)23(30-12-11-17-7-6-10-21(27)22(17)25(30)33)26(34)31-15-18(13-20(31)14-28)24(32)29-19-8-4-3-5-9-19/h3-10,16,18,20,23H,11-13,15H2,1-2H3,(H,29,32)/t18-,20?,23?/m0/s1. The lowest BCUT2D eigenvalue weighted by atomic mass is 9.93. The van der Waals surface area contributed by atoms with E-state index in [0.29, 0.717) is 17.7 Å². The molecule has 0 bridgehead atoms. The van der Waals surface area contributed by atoms with Gasteiger partial charge in [0.1, 0.15) is 17.9 Å². The smallest absolute Gasteiger partial charge is 0.257 e. The first kappa shape index (κ1) is 23.4. The van der Waals surface area contributed by atoms with Gasteiger partial charge in [-0.25, -0.2) is 4.39 Å². The zero-order valence-electron chi connectivity index (χ0n) is 19.2. The van der Waals surface area contributed by atoms with Gasteiger partial charge in [-0.05, 0) is 42.5 Å². The second-order valence-corrected chi connectivity index (χ2v) is 9.13. The molecule has 2 aliphatic rings. The number of nitriles is 1. The summed E-state index contributed by atoms with van der Waals surface area (Å²) in [7, 11) is 0. The Bertz CT molecular complexity index is 1140. The molecular formula is C26H27FN4O3. The highest BCUT2D eigenvalue weighted by Gasteiger charge is 2.45. The molecule has 3 atom stereocenters. The summed E-state index contributed by atoms with van der Waals surface area (Å²) in [6.45, 7) is 4.02. The van der Waals surface area contributed by atoms with Gasteiger partial charge in [-0.3, -0.25) is 14.4 Å². The molecule has 2 aromatic rings. The maximum atomic E-state index is 14.5. The number of nitrogens with zero attached hydrogens (tertiary/aromatic N) is 3. The predicted octanol–water partition coefficient (Wildman–Crippen LogP) is 3.23. The highest BCUT2D eigenvalue weighted by Crippen LogP contribution is 2.30. The van der Waals surface area contributed by atoms with Gasteiger partial charge < -0.3 is 15.1 Å². The maximum absolute atomic E-state index is 14.5. The fourth-order valence-corrected chi connectivity index (χ4v) is 4.87. The number of benzene rings is 2. The zero-order valence-corrected chi connectivity index (χ0v) is 19.2. The normalized spacial score (nSPS) is 20.6. The van der Waals surface area contributed by atoms with Crippen molar-refractivity contribution in [3.05, 3.63) is 65.5 Å². The first-order valence-corrected chi connectivity index (χ1v) is 11.5. The summed E-state index contributed by atoms with van der Waals surface area (Å²) in [5.74, 6) is -2.57. The molecule has 1 fully saturated rings. The molecule has 1 saturated heterocycles. The van der Waals surface area contributed by atoms with E-state index in [4.69, 9.17) is 0 Å². The molecule has 1 N–H and O–H groups in total. The van der Waals surface area contributed by atoms with Gasteiger partial charge in [0, 0.05) is 18.8 Å². The van der Waals surface area contributed by atoms with Crippen LogP contribution in [0.3, 0.4) is 0 Å². The number of likely N-dealkylation sites (tertiary alicyclic amines) is 1. The zero-order chi connectivity index (χ0) is 24.4. The summed E-state index contributed by atoms with van der Waals surface area (Å²) in [4.78, 5) is 42.5. The quantitative estimate of drug-likeness (QED) is 0.738. The van der Waals surface area contributed by atoms with E-state index in [1.807, 2.05) is 32.0 Å². The number of fused-ring (bicyclic) bond motifs is 1. The molecule has 2 aliphatic heterocycles. The second kappa shape index (κ2) is 9.64. The Hall–Kier alpha value is -3.73. The summed E-state index contributed by atoms with van der Waals surface area (Å²) in [5.41, 5.74) is 1.28. The molecule has 0 radical (unpaired) electrons. The van der Waals surface area contributed by atoms with Crippen LogP contribution < -0.4 is 5.32 Å². The number of amides is 3. The number of para-hydroxylation sites is 1. The van der Waals surface area contributed by atoms with Gasteiger partial charge in [0.25, 0.3) is 5.91 Å². The van der Waals surface area contributed by atoms with E-state index in [2.05, 4.69) is 11.4 Å². The van der Waals surface area contributed by atoms with Crippen molar-refractivity contribution >= 4 is 23.4 Å². The summed E-state index contributed by atoms with van der Waals surface area (Å²) < 4.78 is 14.5. The summed E-state index contributed by atoms with van der Waals surface area (Å²) in [6, 6.07) is 14.0. The molecule has 0 aliphatic carbocycles. The summed E-state index contributed by atoms with van der Waals surface area (Å²) in [5, 5.41) is 12.6. The van der Waals surface area contributed by atoms with Gasteiger partial charge in [0.15, 0.2) is 0 Å². The topological polar surface area (TPSA) is 93.5 Å². The maximum Gasteiger partial charge on any atom is 0.257 e. The lowest BCUT2D eigenvalue weighted by Gasteiger charge is -2.39. The highest BCUT2D eigenvalue weighted by molar-refractivity contribution is 6.00. The largest absolute Gasteiger partial charge is 0.326 e. The minimum Gasteiger partial charge on any atom is -0.326 e. The molecule has 0 aromatic heterocycles. The Kier molecular flexibility index (Phi) is 6.64. The number of rotatable bonds is 5. The Labute approximate surface area is 198 Å². The second-order valence-electron chi connectivity index (χ2n) is 9.13. The van der Waals surface area contributed by atoms with Crippen LogP contribution in [0.4, 0.5) is 10.1 Å². The molecule has 176 valence electrons. The minimum atomic E-state index is -0.855. The molecular weight excluding hydrogens is 435 g/mol. The van der Waals surface area contributed by atoms with Crippen LogP contribution in [0.25, 0.3) is 0 Å². The number of anilines is 1.